The third-order valence-corrected chi connectivity index (χ3v) is 9.59. The van der Waals surface area contributed by atoms with E-state index in [9.17, 15) is 16.8 Å². The second-order valence-corrected chi connectivity index (χ2v) is 12.9. The van der Waals surface area contributed by atoms with E-state index >= 15 is 0 Å². The zero-order valence-electron chi connectivity index (χ0n) is 16.9. The summed E-state index contributed by atoms with van der Waals surface area (Å²) >= 11 is 6.80. The van der Waals surface area contributed by atoms with Crippen molar-refractivity contribution in [2.75, 3.05) is 33.0 Å². The van der Waals surface area contributed by atoms with Crippen molar-refractivity contribution >= 4 is 31.6 Å². The predicted molar refractivity (Wildman–Crippen MR) is 114 cm³/mol. The van der Waals surface area contributed by atoms with Crippen molar-refractivity contribution in [3.8, 4) is 0 Å². The smallest absolute Gasteiger partial charge is 0.247 e. The molecule has 2 heterocycles. The van der Waals surface area contributed by atoms with Crippen LogP contribution in [0, 0.1) is 13.8 Å². The molecule has 2 aromatic rings. The highest BCUT2D eigenvalue weighted by Crippen LogP contribution is 2.28. The first-order valence-corrected chi connectivity index (χ1v) is 12.9. The molecule has 2 bridgehead atoms. The molecule has 2 aromatic carbocycles. The third kappa shape index (κ3) is 4.02. The lowest BCUT2D eigenvalue weighted by molar-refractivity contribution is -0.929. The number of nitrogens with zero attached hydrogens (tertiary/aromatic N) is 2. The van der Waals surface area contributed by atoms with Gasteiger partial charge in [-0.15, -0.1) is 20.2 Å². The van der Waals surface area contributed by atoms with E-state index in [1.54, 1.807) is 48.5 Å². The topological polar surface area (TPSA) is 79.2 Å². The van der Waals surface area contributed by atoms with Crippen molar-refractivity contribution < 1.29 is 21.7 Å². The molecule has 0 amide bonds. The fraction of sp³-hybridized carbons (Fsp3) is 0.400. The van der Waals surface area contributed by atoms with Gasteiger partial charge >= 0.3 is 0 Å². The quantitative estimate of drug-likeness (QED) is 0.670. The minimum atomic E-state index is -3.71. The highest BCUT2D eigenvalue weighted by Gasteiger charge is 2.51. The second-order valence-electron chi connectivity index (χ2n) is 8.25. The van der Waals surface area contributed by atoms with Gasteiger partial charge in [0.2, 0.25) is 20.0 Å². The normalized spacial score (nSPS) is 25.9. The van der Waals surface area contributed by atoms with Gasteiger partial charge in [-0.3, -0.25) is 0 Å². The van der Waals surface area contributed by atoms with E-state index in [1.165, 1.54) is 8.61 Å². The monoisotopic (exact) mass is 470 g/mol. The number of fused-ring (bicyclic) bond motifs is 2. The van der Waals surface area contributed by atoms with E-state index in [2.05, 4.69) is 0 Å². The first kappa shape index (κ1) is 21.7. The molecular formula is C20H25ClN3O4S2+. The van der Waals surface area contributed by atoms with Crippen LogP contribution in [0.1, 0.15) is 11.1 Å². The van der Waals surface area contributed by atoms with Gasteiger partial charge < -0.3 is 4.90 Å². The molecule has 10 heteroatoms. The van der Waals surface area contributed by atoms with Gasteiger partial charge in [0.05, 0.1) is 9.79 Å². The highest BCUT2D eigenvalue weighted by atomic mass is 35.5. The van der Waals surface area contributed by atoms with Crippen LogP contribution in [-0.4, -0.2) is 63.3 Å². The van der Waals surface area contributed by atoms with Crippen molar-refractivity contribution in [1.29, 1.82) is 0 Å². The largest absolute Gasteiger partial charge is 0.307 e. The Labute approximate surface area is 183 Å². The van der Waals surface area contributed by atoms with Gasteiger partial charge in [-0.25, -0.2) is 16.8 Å². The van der Waals surface area contributed by atoms with Crippen LogP contribution in [-0.2, 0) is 20.0 Å². The molecule has 1 N–H and O–H groups in total. The maximum Gasteiger partial charge on any atom is 0.247 e. The molecular weight excluding hydrogens is 446 g/mol. The third-order valence-electron chi connectivity index (χ3n) is 5.60. The molecule has 7 nitrogen and oxygen atoms in total. The van der Waals surface area contributed by atoms with E-state index in [0.29, 0.717) is 6.54 Å². The molecule has 0 aliphatic carbocycles. The predicted octanol–water partition coefficient (Wildman–Crippen LogP) is 0.790. The first-order valence-electron chi connectivity index (χ1n) is 9.66. The lowest BCUT2D eigenvalue weighted by Crippen LogP contribution is -3.20. The molecule has 0 spiro atoms. The van der Waals surface area contributed by atoms with Gasteiger partial charge in [-0.05, 0) is 38.1 Å². The van der Waals surface area contributed by atoms with E-state index < -0.39 is 24.9 Å². The average Bonchev–Trinajstić information content (AvgIpc) is 2.67. The van der Waals surface area contributed by atoms with Crippen LogP contribution in [0.2, 0.25) is 0 Å². The first-order chi connectivity index (χ1) is 14.0. The summed E-state index contributed by atoms with van der Waals surface area (Å²) in [5.74, 6) is 0. The van der Waals surface area contributed by atoms with E-state index in [1.807, 2.05) is 13.8 Å². The highest BCUT2D eigenvalue weighted by molar-refractivity contribution is 7.89. The Kier molecular flexibility index (Phi) is 5.49. The number of rotatable bonds is 4. The second kappa shape index (κ2) is 7.58. The fourth-order valence-electron chi connectivity index (χ4n) is 4.07. The van der Waals surface area contributed by atoms with Crippen molar-refractivity contribution in [2.45, 2.75) is 28.5 Å². The van der Waals surface area contributed by atoms with Gasteiger partial charge in [-0.2, -0.15) is 0 Å². The Bertz CT molecular complexity index is 1060. The lowest BCUT2D eigenvalue weighted by atomic mass is 10.1. The summed E-state index contributed by atoms with van der Waals surface area (Å²) in [5, 5.41) is 0. The number of hydrogen-bond donors (Lipinski definition) is 1. The van der Waals surface area contributed by atoms with E-state index in [0.717, 1.165) is 16.0 Å². The summed E-state index contributed by atoms with van der Waals surface area (Å²) in [6, 6.07) is 13.4. The zero-order valence-corrected chi connectivity index (χ0v) is 19.3. The Hall–Kier alpha value is -1.49. The molecule has 2 saturated heterocycles. The number of hydrogen-bond acceptors (Lipinski definition) is 4. The van der Waals surface area contributed by atoms with Crippen LogP contribution in [0.4, 0.5) is 0 Å². The van der Waals surface area contributed by atoms with Crippen LogP contribution in [0.5, 0.6) is 0 Å². The Morgan fingerprint density at radius 3 is 1.47 bits per heavy atom. The molecule has 162 valence electrons. The molecule has 0 unspecified atom stereocenters. The molecule has 4 rings (SSSR count). The minimum Gasteiger partial charge on any atom is -0.307 e. The van der Waals surface area contributed by atoms with Gasteiger partial charge in [0, 0.05) is 13.1 Å². The van der Waals surface area contributed by atoms with Gasteiger partial charge in [0.25, 0.3) is 0 Å². The van der Waals surface area contributed by atoms with Crippen LogP contribution >= 0.6 is 11.6 Å². The van der Waals surface area contributed by atoms with Crippen LogP contribution in [0.3, 0.4) is 0 Å². The van der Waals surface area contributed by atoms with Crippen molar-refractivity contribution in [2.24, 2.45) is 0 Å². The average molecular weight is 471 g/mol. The maximum absolute atomic E-state index is 13.1. The number of nitrogens with one attached hydrogen (secondary N) is 1. The standard InChI is InChI=1S/C20H24ClN3O4S2/c1-16-3-7-18(8-4-16)29(25,26)23-12-20(21)11-22(14-23)15-24(13-20)30(27,28)19-9-5-17(2)6-10-19/h3-10H,11-15H2,1-2H3/p+1. The summed E-state index contributed by atoms with van der Waals surface area (Å²) < 4.78 is 55.3. The van der Waals surface area contributed by atoms with Gasteiger partial charge in [-0.1, -0.05) is 35.4 Å². The van der Waals surface area contributed by atoms with Crippen LogP contribution in [0.25, 0.3) is 0 Å². The minimum absolute atomic E-state index is 0.0637. The lowest BCUT2D eigenvalue weighted by Gasteiger charge is -2.47. The molecule has 0 radical (unpaired) electrons. The molecule has 2 aliphatic heterocycles. The van der Waals surface area contributed by atoms with Crippen molar-refractivity contribution in [1.82, 2.24) is 8.61 Å². The summed E-state index contributed by atoms with van der Waals surface area (Å²) in [7, 11) is -7.42. The Balaban J connectivity index is 1.58. The van der Waals surface area contributed by atoms with Crippen molar-refractivity contribution in [3.05, 3.63) is 59.7 Å². The summed E-state index contributed by atoms with van der Waals surface area (Å²) in [6.45, 7) is 4.77. The molecule has 0 saturated carbocycles. The zero-order chi connectivity index (χ0) is 21.7. The maximum atomic E-state index is 13.1. The summed E-state index contributed by atoms with van der Waals surface area (Å²) in [4.78, 5) is 0.256. The number of benzene rings is 2. The van der Waals surface area contributed by atoms with E-state index in [-0.39, 0.29) is 36.2 Å². The Morgan fingerprint density at radius 1 is 0.767 bits per heavy atom. The van der Waals surface area contributed by atoms with Crippen molar-refractivity contribution in [3.63, 3.8) is 0 Å². The number of quaternary nitrogens is 1. The number of aryl methyl sites for hydroxylation is 2. The van der Waals surface area contributed by atoms with E-state index in [4.69, 9.17) is 11.6 Å². The SMILES string of the molecule is Cc1ccc(S(=O)(=O)N2C[NH+]3CN(S(=O)(=O)c4ccc(C)cc4)CC(Cl)(C2)C3)cc1. The van der Waals surface area contributed by atoms with Crippen LogP contribution in [0.15, 0.2) is 58.3 Å². The fourth-order valence-corrected chi connectivity index (χ4v) is 7.79. The molecule has 30 heavy (non-hydrogen) atoms. The van der Waals surface area contributed by atoms with Gasteiger partial charge in [0.15, 0.2) is 0 Å². The molecule has 2 fully saturated rings. The molecule has 0 aromatic heterocycles. The number of halogens is 1. The van der Waals surface area contributed by atoms with Crippen LogP contribution < -0.4 is 4.90 Å². The van der Waals surface area contributed by atoms with Gasteiger partial charge in [0.1, 0.15) is 24.8 Å². The number of sulfonamides is 2. The molecule has 2 aliphatic rings. The Morgan fingerprint density at radius 2 is 1.13 bits per heavy atom. The summed E-state index contributed by atoms with van der Waals surface area (Å²) in [6.07, 6.45) is 0. The number of alkyl halides is 1. The molecule has 0 atom stereocenters. The summed E-state index contributed by atoms with van der Waals surface area (Å²) in [5.41, 5.74) is 1.95.